The van der Waals surface area contributed by atoms with Crippen LogP contribution in [-0.2, 0) is 14.3 Å². The largest absolute Gasteiger partial charge is 0.385 e. The molecule has 0 atom stereocenters. The zero-order chi connectivity index (χ0) is 15.3. The van der Waals surface area contributed by atoms with Crippen LogP contribution in [0.3, 0.4) is 0 Å². The van der Waals surface area contributed by atoms with Crippen LogP contribution in [0.4, 0.5) is 4.79 Å². The zero-order valence-electron chi connectivity index (χ0n) is 12.4. The Balaban J connectivity index is 1.94. The molecule has 21 heavy (non-hydrogen) atoms. The van der Waals surface area contributed by atoms with Crippen molar-refractivity contribution in [2.45, 2.75) is 44.1 Å². The lowest BCUT2D eigenvalue weighted by Crippen LogP contribution is -2.53. The first-order chi connectivity index (χ1) is 10.1. The molecule has 1 saturated heterocycles. The summed E-state index contributed by atoms with van der Waals surface area (Å²) >= 11 is 0. The molecule has 2 fully saturated rings. The highest BCUT2D eigenvalue weighted by Gasteiger charge is 2.53. The van der Waals surface area contributed by atoms with Crippen molar-refractivity contribution >= 4 is 17.8 Å². The Morgan fingerprint density at radius 3 is 2.71 bits per heavy atom. The molecular formula is C14H23N3O4. The first-order valence-electron chi connectivity index (χ1n) is 7.49. The number of urea groups is 1. The topological polar surface area (TPSA) is 87.7 Å². The number of rotatable bonds is 6. The second-order valence-corrected chi connectivity index (χ2v) is 5.63. The van der Waals surface area contributed by atoms with Gasteiger partial charge in [-0.25, -0.2) is 4.79 Å². The van der Waals surface area contributed by atoms with Gasteiger partial charge in [-0.2, -0.15) is 0 Å². The van der Waals surface area contributed by atoms with Crippen LogP contribution < -0.4 is 10.6 Å². The van der Waals surface area contributed by atoms with Crippen LogP contribution in [0.5, 0.6) is 0 Å². The molecule has 0 aromatic rings. The lowest BCUT2D eigenvalue weighted by molar-refractivity contribution is -0.130. The van der Waals surface area contributed by atoms with Crippen LogP contribution in [0.1, 0.15) is 38.5 Å². The predicted molar refractivity (Wildman–Crippen MR) is 75.6 cm³/mol. The number of nitrogens with one attached hydrogen (secondary N) is 2. The molecule has 1 aliphatic carbocycles. The Labute approximate surface area is 124 Å². The Morgan fingerprint density at radius 2 is 2.05 bits per heavy atom. The normalized spacial score (nSPS) is 20.7. The number of ether oxygens (including phenoxy) is 1. The van der Waals surface area contributed by atoms with Crippen molar-refractivity contribution in [3.05, 3.63) is 0 Å². The predicted octanol–water partition coefficient (Wildman–Crippen LogP) is 0.394. The number of hydrogen-bond acceptors (Lipinski definition) is 4. The number of carbonyl (C=O) groups excluding carboxylic acids is 3. The van der Waals surface area contributed by atoms with Crippen LogP contribution >= 0.6 is 0 Å². The van der Waals surface area contributed by atoms with Crippen molar-refractivity contribution in [1.29, 1.82) is 0 Å². The smallest absolute Gasteiger partial charge is 0.325 e. The third-order valence-corrected chi connectivity index (χ3v) is 4.23. The van der Waals surface area contributed by atoms with Crippen molar-refractivity contribution in [3.8, 4) is 0 Å². The van der Waals surface area contributed by atoms with Crippen LogP contribution in [0, 0.1) is 0 Å². The summed E-state index contributed by atoms with van der Waals surface area (Å²) in [4.78, 5) is 37.5. The minimum absolute atomic E-state index is 0.0649. The van der Waals surface area contributed by atoms with E-state index in [1.165, 1.54) is 4.90 Å². The molecule has 1 spiro atoms. The molecule has 0 aromatic carbocycles. The molecule has 0 bridgehead atoms. The zero-order valence-corrected chi connectivity index (χ0v) is 12.4. The van der Waals surface area contributed by atoms with Crippen molar-refractivity contribution in [1.82, 2.24) is 15.5 Å². The maximum atomic E-state index is 12.1. The van der Waals surface area contributed by atoms with Crippen molar-refractivity contribution in [2.24, 2.45) is 0 Å². The van der Waals surface area contributed by atoms with E-state index >= 15 is 0 Å². The molecule has 2 N–H and O–H groups in total. The average molecular weight is 297 g/mol. The second-order valence-electron chi connectivity index (χ2n) is 5.63. The molecule has 1 saturated carbocycles. The molecule has 0 unspecified atom stereocenters. The van der Waals surface area contributed by atoms with E-state index < -0.39 is 11.6 Å². The molecule has 1 aliphatic heterocycles. The van der Waals surface area contributed by atoms with Gasteiger partial charge in [0.05, 0.1) is 0 Å². The van der Waals surface area contributed by atoms with Crippen molar-refractivity contribution in [2.75, 3.05) is 26.8 Å². The van der Waals surface area contributed by atoms with E-state index in [2.05, 4.69) is 10.6 Å². The van der Waals surface area contributed by atoms with Gasteiger partial charge in [0.15, 0.2) is 0 Å². The summed E-state index contributed by atoms with van der Waals surface area (Å²) in [6.45, 7) is 1.01. The number of methoxy groups -OCH3 is 1. The van der Waals surface area contributed by atoms with Gasteiger partial charge >= 0.3 is 6.03 Å². The van der Waals surface area contributed by atoms with Crippen LogP contribution in [0.25, 0.3) is 0 Å². The molecule has 118 valence electrons. The number of carbonyl (C=O) groups is 3. The minimum atomic E-state index is -0.806. The maximum Gasteiger partial charge on any atom is 0.325 e. The van der Waals surface area contributed by atoms with Gasteiger partial charge in [-0.05, 0) is 19.3 Å². The first-order valence-corrected chi connectivity index (χ1v) is 7.49. The Morgan fingerprint density at radius 1 is 1.33 bits per heavy atom. The van der Waals surface area contributed by atoms with E-state index in [0.717, 1.165) is 25.7 Å². The van der Waals surface area contributed by atoms with Crippen LogP contribution in [0.2, 0.25) is 0 Å². The summed E-state index contributed by atoms with van der Waals surface area (Å²) < 4.78 is 4.91. The minimum Gasteiger partial charge on any atom is -0.385 e. The van der Waals surface area contributed by atoms with Gasteiger partial charge in [-0.1, -0.05) is 19.3 Å². The van der Waals surface area contributed by atoms with E-state index in [4.69, 9.17) is 4.74 Å². The molecule has 0 radical (unpaired) electrons. The van der Waals surface area contributed by atoms with Gasteiger partial charge in [0.25, 0.3) is 5.91 Å². The van der Waals surface area contributed by atoms with Gasteiger partial charge in [0.1, 0.15) is 12.1 Å². The summed E-state index contributed by atoms with van der Waals surface area (Å²) in [5, 5.41) is 5.11. The van der Waals surface area contributed by atoms with Gasteiger partial charge < -0.3 is 15.0 Å². The highest BCUT2D eigenvalue weighted by Crippen LogP contribution is 2.36. The van der Waals surface area contributed by atoms with E-state index in [1.807, 2.05) is 0 Å². The lowest BCUT2D eigenvalue weighted by Gasteiger charge is -2.37. The summed E-state index contributed by atoms with van der Waals surface area (Å²) in [6, 6.07) is -0.450. The molecular weight excluding hydrogens is 274 g/mol. The summed E-state index contributed by atoms with van der Waals surface area (Å²) in [7, 11) is 1.61. The van der Waals surface area contributed by atoms with Gasteiger partial charge in [-0.3, -0.25) is 14.9 Å². The fraction of sp³-hybridized carbons (Fsp3) is 0.786. The van der Waals surface area contributed by atoms with Crippen molar-refractivity contribution < 1.29 is 19.1 Å². The van der Waals surface area contributed by atoms with Crippen LogP contribution in [-0.4, -0.2) is 55.1 Å². The standard InChI is InChI=1S/C14H23N3O4/c1-21-9-5-8-15-11(18)10-17-13(20)16-12(19)14(17)6-3-2-4-7-14/h2-10H2,1H3,(H,15,18)(H,16,19,20). The van der Waals surface area contributed by atoms with Gasteiger partial charge in [0, 0.05) is 20.3 Å². The highest BCUT2D eigenvalue weighted by atomic mass is 16.5. The number of imide groups is 1. The molecule has 1 heterocycles. The second kappa shape index (κ2) is 6.89. The van der Waals surface area contributed by atoms with Gasteiger partial charge in [0.2, 0.25) is 5.91 Å². The number of nitrogens with zero attached hydrogens (tertiary/aromatic N) is 1. The average Bonchev–Trinajstić information content (AvgIpc) is 2.69. The third-order valence-electron chi connectivity index (χ3n) is 4.23. The molecule has 7 heteroatoms. The quantitative estimate of drug-likeness (QED) is 0.548. The van der Waals surface area contributed by atoms with E-state index in [-0.39, 0.29) is 18.4 Å². The lowest BCUT2D eigenvalue weighted by atomic mass is 9.80. The number of hydrogen-bond donors (Lipinski definition) is 2. The Kier molecular flexibility index (Phi) is 5.17. The molecule has 7 nitrogen and oxygen atoms in total. The van der Waals surface area contributed by atoms with E-state index in [9.17, 15) is 14.4 Å². The van der Waals surface area contributed by atoms with E-state index in [0.29, 0.717) is 26.0 Å². The molecule has 0 aromatic heterocycles. The summed E-state index contributed by atoms with van der Waals surface area (Å²) in [5.41, 5.74) is -0.806. The Bertz CT molecular complexity index is 418. The fourth-order valence-electron chi connectivity index (χ4n) is 3.10. The van der Waals surface area contributed by atoms with Gasteiger partial charge in [-0.15, -0.1) is 0 Å². The van der Waals surface area contributed by atoms with E-state index in [1.54, 1.807) is 7.11 Å². The molecule has 2 aliphatic rings. The molecule has 2 rings (SSSR count). The summed E-state index contributed by atoms with van der Waals surface area (Å²) in [5.74, 6) is -0.486. The number of amides is 4. The monoisotopic (exact) mass is 297 g/mol. The summed E-state index contributed by atoms with van der Waals surface area (Å²) in [6.07, 6.45) is 4.89. The van der Waals surface area contributed by atoms with Crippen LogP contribution in [0.15, 0.2) is 0 Å². The molecule has 4 amide bonds. The fourth-order valence-corrected chi connectivity index (χ4v) is 3.10. The first kappa shape index (κ1) is 15.8. The highest BCUT2D eigenvalue weighted by molar-refractivity contribution is 6.08. The maximum absolute atomic E-state index is 12.1. The van der Waals surface area contributed by atoms with Crippen molar-refractivity contribution in [3.63, 3.8) is 0 Å². The Hall–Kier alpha value is -1.63. The third kappa shape index (κ3) is 3.34. The SMILES string of the molecule is COCCCNC(=O)CN1C(=O)NC(=O)C12CCCCC2.